The number of morpholine rings is 1. The minimum atomic E-state index is 0.149. The first-order chi connectivity index (χ1) is 14.2. The predicted molar refractivity (Wildman–Crippen MR) is 114 cm³/mol. The number of piperazine rings is 1. The highest BCUT2D eigenvalue weighted by Crippen LogP contribution is 2.20. The van der Waals surface area contributed by atoms with Crippen molar-refractivity contribution in [1.29, 1.82) is 5.26 Å². The van der Waals surface area contributed by atoms with Crippen molar-refractivity contribution < 1.29 is 9.53 Å². The zero-order valence-electron chi connectivity index (χ0n) is 16.9. The summed E-state index contributed by atoms with van der Waals surface area (Å²) in [5.74, 6) is 0.149. The van der Waals surface area contributed by atoms with Crippen LogP contribution in [0.15, 0.2) is 24.3 Å². The highest BCUT2D eigenvalue weighted by molar-refractivity contribution is 6.30. The molecule has 0 saturated carbocycles. The molecule has 0 N–H and O–H groups in total. The molecule has 0 spiro atoms. The summed E-state index contributed by atoms with van der Waals surface area (Å²) in [5, 5.41) is 9.69. The molecule has 2 aliphatic rings. The molecule has 29 heavy (non-hydrogen) atoms. The molecule has 0 radical (unpaired) electrons. The van der Waals surface area contributed by atoms with E-state index in [9.17, 15) is 4.79 Å². The van der Waals surface area contributed by atoms with Gasteiger partial charge in [-0.2, -0.15) is 5.26 Å². The highest BCUT2D eigenvalue weighted by Gasteiger charge is 2.23. The number of hydrogen-bond donors (Lipinski definition) is 0. The molecule has 2 saturated heterocycles. The Morgan fingerprint density at radius 1 is 1.14 bits per heavy atom. The Morgan fingerprint density at radius 2 is 1.90 bits per heavy atom. The molecular formula is C21H30ClN5O2. The molecular weight excluding hydrogens is 390 g/mol. The number of amides is 1. The Labute approximate surface area is 178 Å². The van der Waals surface area contributed by atoms with Crippen molar-refractivity contribution in [2.45, 2.75) is 6.42 Å². The van der Waals surface area contributed by atoms with Crippen molar-refractivity contribution in [3.05, 3.63) is 29.3 Å². The zero-order chi connectivity index (χ0) is 20.5. The van der Waals surface area contributed by atoms with E-state index in [0.29, 0.717) is 32.6 Å². The molecule has 0 unspecified atom stereocenters. The van der Waals surface area contributed by atoms with Crippen LogP contribution in [-0.4, -0.2) is 99.3 Å². The number of halogens is 1. The van der Waals surface area contributed by atoms with Crippen LogP contribution in [0, 0.1) is 11.3 Å². The number of carbonyl (C=O) groups is 1. The summed E-state index contributed by atoms with van der Waals surface area (Å²) in [5.41, 5.74) is 1.10. The SMILES string of the molecule is N#CCCN(CCN1CCOCC1)CC(=O)N1CCN(c2cccc(Cl)c2)CC1. The number of ether oxygens (including phenoxy) is 1. The van der Waals surface area contributed by atoms with Gasteiger partial charge in [0.1, 0.15) is 0 Å². The van der Waals surface area contributed by atoms with Crippen molar-refractivity contribution >= 4 is 23.2 Å². The maximum absolute atomic E-state index is 12.8. The van der Waals surface area contributed by atoms with E-state index in [1.807, 2.05) is 23.1 Å². The largest absolute Gasteiger partial charge is 0.379 e. The van der Waals surface area contributed by atoms with E-state index in [1.54, 1.807) is 0 Å². The van der Waals surface area contributed by atoms with E-state index in [2.05, 4.69) is 26.8 Å². The Hall–Kier alpha value is -1.85. The lowest BCUT2D eigenvalue weighted by molar-refractivity contribution is -0.132. The summed E-state index contributed by atoms with van der Waals surface area (Å²) in [6, 6.07) is 10.0. The van der Waals surface area contributed by atoms with Gasteiger partial charge in [0.2, 0.25) is 5.91 Å². The summed E-state index contributed by atoms with van der Waals surface area (Å²) in [6.07, 6.45) is 0.443. The first-order valence-electron chi connectivity index (χ1n) is 10.3. The third-order valence-corrected chi connectivity index (χ3v) is 5.78. The molecule has 3 rings (SSSR count). The van der Waals surface area contributed by atoms with Crippen LogP contribution >= 0.6 is 11.6 Å². The van der Waals surface area contributed by atoms with Crippen LogP contribution in [-0.2, 0) is 9.53 Å². The number of hydrogen-bond acceptors (Lipinski definition) is 6. The van der Waals surface area contributed by atoms with Gasteiger partial charge in [0.05, 0.1) is 25.8 Å². The second-order valence-electron chi connectivity index (χ2n) is 7.49. The minimum absolute atomic E-state index is 0.149. The Balaban J connectivity index is 1.46. The molecule has 0 aliphatic carbocycles. The lowest BCUT2D eigenvalue weighted by Gasteiger charge is -2.37. The quantitative estimate of drug-likeness (QED) is 0.637. The number of nitriles is 1. The van der Waals surface area contributed by atoms with Crippen molar-refractivity contribution in [2.75, 3.05) is 83.6 Å². The van der Waals surface area contributed by atoms with Gasteiger partial charge in [-0.15, -0.1) is 0 Å². The fourth-order valence-corrected chi connectivity index (χ4v) is 3.95. The zero-order valence-corrected chi connectivity index (χ0v) is 17.7. The van der Waals surface area contributed by atoms with Gasteiger partial charge in [0.25, 0.3) is 0 Å². The second kappa shape index (κ2) is 11.4. The molecule has 1 aromatic carbocycles. The van der Waals surface area contributed by atoms with Gasteiger partial charge >= 0.3 is 0 Å². The van der Waals surface area contributed by atoms with Crippen LogP contribution in [0.4, 0.5) is 5.69 Å². The summed E-state index contributed by atoms with van der Waals surface area (Å²) in [4.78, 5) is 21.5. The van der Waals surface area contributed by atoms with Gasteiger partial charge in [0, 0.05) is 76.0 Å². The van der Waals surface area contributed by atoms with Gasteiger partial charge < -0.3 is 14.5 Å². The van der Waals surface area contributed by atoms with Gasteiger partial charge in [-0.1, -0.05) is 17.7 Å². The number of anilines is 1. The molecule has 158 valence electrons. The molecule has 0 aromatic heterocycles. The summed E-state index contributed by atoms with van der Waals surface area (Å²) in [6.45, 7) is 9.16. The number of benzene rings is 1. The van der Waals surface area contributed by atoms with Crippen molar-refractivity contribution in [3.63, 3.8) is 0 Å². The first-order valence-corrected chi connectivity index (χ1v) is 10.7. The van der Waals surface area contributed by atoms with Crippen molar-refractivity contribution in [3.8, 4) is 6.07 Å². The lowest BCUT2D eigenvalue weighted by atomic mass is 10.2. The molecule has 8 heteroatoms. The van der Waals surface area contributed by atoms with Crippen LogP contribution in [0.2, 0.25) is 5.02 Å². The Bertz CT molecular complexity index is 697. The Morgan fingerprint density at radius 3 is 2.59 bits per heavy atom. The maximum Gasteiger partial charge on any atom is 0.236 e. The summed E-state index contributed by atoms with van der Waals surface area (Å²) in [7, 11) is 0. The van der Waals surface area contributed by atoms with Crippen LogP contribution < -0.4 is 4.90 Å². The molecule has 0 bridgehead atoms. The fourth-order valence-electron chi connectivity index (χ4n) is 3.76. The molecule has 0 atom stereocenters. The van der Waals surface area contributed by atoms with Crippen molar-refractivity contribution in [2.24, 2.45) is 0 Å². The third-order valence-electron chi connectivity index (χ3n) is 5.54. The van der Waals surface area contributed by atoms with E-state index < -0.39 is 0 Å². The van der Waals surface area contributed by atoms with E-state index in [-0.39, 0.29) is 5.91 Å². The van der Waals surface area contributed by atoms with Gasteiger partial charge in [-0.25, -0.2) is 0 Å². The average molecular weight is 420 g/mol. The van der Waals surface area contributed by atoms with Crippen LogP contribution in [0.3, 0.4) is 0 Å². The van der Waals surface area contributed by atoms with E-state index in [0.717, 1.165) is 63.2 Å². The van der Waals surface area contributed by atoms with E-state index in [1.165, 1.54) is 0 Å². The molecule has 2 aliphatic heterocycles. The molecule has 2 heterocycles. The number of rotatable bonds is 8. The lowest BCUT2D eigenvalue weighted by Crippen LogP contribution is -2.52. The standard InChI is InChI=1S/C21H30ClN5O2/c22-19-3-1-4-20(17-19)26-9-11-27(12-10-26)21(28)18-25(6-2-5-23)8-7-24-13-15-29-16-14-24/h1,3-4,17H,2,6-16,18H2. The summed E-state index contributed by atoms with van der Waals surface area (Å²) < 4.78 is 5.39. The Kier molecular flexibility index (Phi) is 8.56. The van der Waals surface area contributed by atoms with E-state index >= 15 is 0 Å². The third kappa shape index (κ3) is 6.86. The van der Waals surface area contributed by atoms with Gasteiger partial charge in [-0.05, 0) is 18.2 Å². The van der Waals surface area contributed by atoms with Crippen LogP contribution in [0.25, 0.3) is 0 Å². The number of nitrogens with zero attached hydrogens (tertiary/aromatic N) is 5. The highest BCUT2D eigenvalue weighted by atomic mass is 35.5. The molecule has 1 aromatic rings. The number of carbonyl (C=O) groups excluding carboxylic acids is 1. The van der Waals surface area contributed by atoms with E-state index in [4.69, 9.17) is 21.6 Å². The summed E-state index contributed by atoms with van der Waals surface area (Å²) >= 11 is 6.10. The molecule has 2 fully saturated rings. The maximum atomic E-state index is 12.8. The fraction of sp³-hybridized carbons (Fsp3) is 0.619. The van der Waals surface area contributed by atoms with Crippen LogP contribution in [0.1, 0.15) is 6.42 Å². The van der Waals surface area contributed by atoms with Gasteiger partial charge in [-0.3, -0.25) is 14.6 Å². The first kappa shape index (κ1) is 21.8. The second-order valence-corrected chi connectivity index (χ2v) is 7.92. The van der Waals surface area contributed by atoms with Gasteiger partial charge in [0.15, 0.2) is 0 Å². The minimum Gasteiger partial charge on any atom is -0.379 e. The van der Waals surface area contributed by atoms with Crippen LogP contribution in [0.5, 0.6) is 0 Å². The molecule has 1 amide bonds. The monoisotopic (exact) mass is 419 g/mol. The predicted octanol–water partition coefficient (Wildman–Crippen LogP) is 1.54. The molecule has 7 nitrogen and oxygen atoms in total. The smallest absolute Gasteiger partial charge is 0.236 e. The topological polar surface area (TPSA) is 63.1 Å². The normalized spacial score (nSPS) is 18.1. The van der Waals surface area contributed by atoms with Crippen molar-refractivity contribution in [1.82, 2.24) is 14.7 Å². The average Bonchev–Trinajstić information content (AvgIpc) is 2.76.